The summed E-state index contributed by atoms with van der Waals surface area (Å²) in [4.78, 5) is 13.1. The van der Waals surface area contributed by atoms with E-state index in [0.29, 0.717) is 24.6 Å². The van der Waals surface area contributed by atoms with Crippen LogP contribution in [-0.2, 0) is 4.79 Å². The summed E-state index contributed by atoms with van der Waals surface area (Å²) >= 11 is 0. The number of hydrogen-bond donors (Lipinski definition) is 2. The number of rotatable bonds is 10. The first-order chi connectivity index (χ1) is 15.2. The molecule has 0 aromatic heterocycles. The highest BCUT2D eigenvalue weighted by Crippen LogP contribution is 2.41. The molecule has 5 nitrogen and oxygen atoms in total. The SMILES string of the molecule is O=C(O)/C=C/c1ccc(OCCCN2CCC(N[C@@H]3C[C@H]3c3ccccc3)CC2)cc1. The first-order valence-corrected chi connectivity index (χ1v) is 11.3. The van der Waals surface area contributed by atoms with Gasteiger partial charge in [0.1, 0.15) is 5.75 Å². The molecule has 2 N–H and O–H groups in total. The van der Waals surface area contributed by atoms with Gasteiger partial charge in [0.05, 0.1) is 6.61 Å². The van der Waals surface area contributed by atoms with E-state index >= 15 is 0 Å². The predicted molar refractivity (Wildman–Crippen MR) is 123 cm³/mol. The van der Waals surface area contributed by atoms with E-state index in [9.17, 15) is 4.79 Å². The molecule has 0 bridgehead atoms. The molecule has 2 atom stereocenters. The standard InChI is InChI=1S/C26H32N2O3/c29-26(30)12-9-20-7-10-23(11-8-20)31-18-4-15-28-16-13-22(14-17-28)27-25-19-24(25)21-5-2-1-3-6-21/h1-3,5-12,22,24-25,27H,4,13-19H2,(H,29,30)/b12-9+/t24-,25+/m0/s1. The number of aliphatic carboxylic acids is 1. The number of nitrogens with one attached hydrogen (secondary N) is 1. The Morgan fingerprint density at radius 1 is 1.10 bits per heavy atom. The van der Waals surface area contributed by atoms with Crippen molar-refractivity contribution in [3.8, 4) is 5.75 Å². The summed E-state index contributed by atoms with van der Waals surface area (Å²) in [5.41, 5.74) is 2.33. The maximum absolute atomic E-state index is 10.6. The van der Waals surface area contributed by atoms with Gasteiger partial charge in [0.15, 0.2) is 0 Å². The van der Waals surface area contributed by atoms with Crippen LogP contribution in [0.5, 0.6) is 5.75 Å². The van der Waals surface area contributed by atoms with Gasteiger partial charge in [-0.3, -0.25) is 0 Å². The number of ether oxygens (including phenoxy) is 1. The van der Waals surface area contributed by atoms with Gasteiger partial charge in [-0.2, -0.15) is 0 Å². The predicted octanol–water partition coefficient (Wildman–Crippen LogP) is 4.16. The van der Waals surface area contributed by atoms with Crippen molar-refractivity contribution in [3.63, 3.8) is 0 Å². The van der Waals surface area contributed by atoms with E-state index in [1.807, 2.05) is 24.3 Å². The molecule has 2 aliphatic rings. The molecule has 0 radical (unpaired) electrons. The van der Waals surface area contributed by atoms with E-state index in [1.54, 1.807) is 6.08 Å². The van der Waals surface area contributed by atoms with Gasteiger partial charge in [-0.25, -0.2) is 4.79 Å². The summed E-state index contributed by atoms with van der Waals surface area (Å²) < 4.78 is 5.83. The highest BCUT2D eigenvalue weighted by molar-refractivity contribution is 5.85. The number of carbonyl (C=O) groups is 1. The average molecular weight is 421 g/mol. The van der Waals surface area contributed by atoms with Crippen molar-refractivity contribution >= 4 is 12.0 Å². The number of benzene rings is 2. The molecule has 1 aliphatic carbocycles. The van der Waals surface area contributed by atoms with Crippen LogP contribution in [0, 0.1) is 0 Å². The number of hydrogen-bond acceptors (Lipinski definition) is 4. The minimum atomic E-state index is -0.941. The summed E-state index contributed by atoms with van der Waals surface area (Å²) in [5, 5.41) is 12.6. The van der Waals surface area contributed by atoms with E-state index in [0.717, 1.165) is 43.4 Å². The summed E-state index contributed by atoms with van der Waals surface area (Å²) in [6.45, 7) is 4.08. The van der Waals surface area contributed by atoms with Crippen LogP contribution in [0.1, 0.15) is 42.7 Å². The van der Waals surface area contributed by atoms with Gasteiger partial charge >= 0.3 is 5.97 Å². The average Bonchev–Trinajstić information content (AvgIpc) is 3.57. The molecule has 1 saturated heterocycles. The third-order valence-corrected chi connectivity index (χ3v) is 6.24. The highest BCUT2D eigenvalue weighted by Gasteiger charge is 2.39. The lowest BCUT2D eigenvalue weighted by atomic mass is 10.0. The fourth-order valence-corrected chi connectivity index (χ4v) is 4.39. The van der Waals surface area contributed by atoms with Gasteiger partial charge in [-0.1, -0.05) is 42.5 Å². The molecule has 1 heterocycles. The van der Waals surface area contributed by atoms with Gasteiger partial charge in [-0.05, 0) is 68.1 Å². The van der Waals surface area contributed by atoms with Crippen molar-refractivity contribution in [1.82, 2.24) is 10.2 Å². The Morgan fingerprint density at radius 3 is 2.55 bits per heavy atom. The van der Waals surface area contributed by atoms with Crippen LogP contribution in [-0.4, -0.2) is 54.3 Å². The number of carboxylic acid groups (broad SMARTS) is 1. The normalized spacial score (nSPS) is 21.9. The molecule has 1 saturated carbocycles. The van der Waals surface area contributed by atoms with Crippen molar-refractivity contribution in [2.45, 2.75) is 43.7 Å². The number of piperidine rings is 1. The molecule has 5 heteroatoms. The van der Waals surface area contributed by atoms with E-state index in [-0.39, 0.29) is 0 Å². The van der Waals surface area contributed by atoms with E-state index < -0.39 is 5.97 Å². The second-order valence-electron chi connectivity index (χ2n) is 8.58. The minimum Gasteiger partial charge on any atom is -0.494 e. The number of carboxylic acids is 1. The zero-order valence-electron chi connectivity index (χ0n) is 18.0. The van der Waals surface area contributed by atoms with Crippen LogP contribution in [0.4, 0.5) is 0 Å². The van der Waals surface area contributed by atoms with Gasteiger partial charge in [0.2, 0.25) is 0 Å². The van der Waals surface area contributed by atoms with Crippen molar-refractivity contribution in [2.24, 2.45) is 0 Å². The molecule has 2 aromatic rings. The molecule has 2 fully saturated rings. The van der Waals surface area contributed by atoms with Crippen LogP contribution in [0.2, 0.25) is 0 Å². The molecule has 164 valence electrons. The van der Waals surface area contributed by atoms with Crippen LogP contribution < -0.4 is 10.1 Å². The second kappa shape index (κ2) is 10.6. The summed E-state index contributed by atoms with van der Waals surface area (Å²) in [7, 11) is 0. The quantitative estimate of drug-likeness (QED) is 0.446. The lowest BCUT2D eigenvalue weighted by molar-refractivity contribution is -0.131. The van der Waals surface area contributed by atoms with Gasteiger partial charge in [0, 0.05) is 30.6 Å². The number of nitrogens with zero attached hydrogens (tertiary/aromatic N) is 1. The third-order valence-electron chi connectivity index (χ3n) is 6.24. The Kier molecular flexibility index (Phi) is 7.39. The smallest absolute Gasteiger partial charge is 0.328 e. The number of likely N-dealkylation sites (tertiary alicyclic amines) is 1. The molecule has 0 unspecified atom stereocenters. The Bertz CT molecular complexity index is 858. The third kappa shape index (κ3) is 6.68. The fourth-order valence-electron chi connectivity index (χ4n) is 4.39. The lowest BCUT2D eigenvalue weighted by Crippen LogP contribution is -2.43. The van der Waals surface area contributed by atoms with Crippen molar-refractivity contribution < 1.29 is 14.6 Å². The van der Waals surface area contributed by atoms with Crippen molar-refractivity contribution in [2.75, 3.05) is 26.2 Å². The second-order valence-corrected chi connectivity index (χ2v) is 8.58. The zero-order valence-corrected chi connectivity index (χ0v) is 18.0. The molecule has 0 spiro atoms. The molecule has 2 aromatic carbocycles. The van der Waals surface area contributed by atoms with Crippen molar-refractivity contribution in [3.05, 3.63) is 71.8 Å². The lowest BCUT2D eigenvalue weighted by Gasteiger charge is -2.32. The largest absolute Gasteiger partial charge is 0.494 e. The van der Waals surface area contributed by atoms with Gasteiger partial charge in [-0.15, -0.1) is 0 Å². The van der Waals surface area contributed by atoms with Crippen molar-refractivity contribution in [1.29, 1.82) is 0 Å². The first kappa shape index (κ1) is 21.6. The maximum Gasteiger partial charge on any atom is 0.328 e. The molecular weight excluding hydrogens is 388 g/mol. The Hall–Kier alpha value is -2.63. The molecule has 31 heavy (non-hydrogen) atoms. The Morgan fingerprint density at radius 2 is 1.84 bits per heavy atom. The molecule has 1 aliphatic heterocycles. The summed E-state index contributed by atoms with van der Waals surface area (Å²) in [5.74, 6) is 0.593. The van der Waals surface area contributed by atoms with Crippen LogP contribution in [0.25, 0.3) is 6.08 Å². The van der Waals surface area contributed by atoms with Gasteiger partial charge < -0.3 is 20.1 Å². The topological polar surface area (TPSA) is 61.8 Å². The van der Waals surface area contributed by atoms with Crippen LogP contribution >= 0.6 is 0 Å². The minimum absolute atomic E-state index is 0.653. The van der Waals surface area contributed by atoms with E-state index in [2.05, 4.69) is 40.5 Å². The summed E-state index contributed by atoms with van der Waals surface area (Å²) in [6.07, 6.45) is 7.46. The fraction of sp³-hybridized carbons (Fsp3) is 0.423. The Labute approximate surface area is 184 Å². The molecule has 4 rings (SSSR count). The Balaban J connectivity index is 1.08. The van der Waals surface area contributed by atoms with Crippen LogP contribution in [0.3, 0.4) is 0 Å². The summed E-state index contributed by atoms with van der Waals surface area (Å²) in [6, 6.07) is 19.7. The monoisotopic (exact) mass is 420 g/mol. The van der Waals surface area contributed by atoms with E-state index in [4.69, 9.17) is 9.84 Å². The highest BCUT2D eigenvalue weighted by atomic mass is 16.5. The zero-order chi connectivity index (χ0) is 21.5. The van der Waals surface area contributed by atoms with Crippen LogP contribution in [0.15, 0.2) is 60.7 Å². The molecular formula is C26H32N2O3. The molecule has 0 amide bonds. The van der Waals surface area contributed by atoms with E-state index in [1.165, 1.54) is 24.8 Å². The van der Waals surface area contributed by atoms with Gasteiger partial charge in [0.25, 0.3) is 0 Å². The first-order valence-electron chi connectivity index (χ1n) is 11.3. The maximum atomic E-state index is 10.6.